The Kier molecular flexibility index (Phi) is 2.87. The third-order valence-electron chi connectivity index (χ3n) is 2.68. The van der Waals surface area contributed by atoms with Crippen molar-refractivity contribution in [1.82, 2.24) is 15.3 Å². The summed E-state index contributed by atoms with van der Waals surface area (Å²) in [5, 5.41) is 2.27. The highest BCUT2D eigenvalue weighted by Crippen LogP contribution is 2.10. The van der Waals surface area contributed by atoms with E-state index in [0.717, 1.165) is 13.1 Å². The van der Waals surface area contributed by atoms with Gasteiger partial charge in [0.2, 0.25) is 0 Å². The van der Waals surface area contributed by atoms with Crippen molar-refractivity contribution in [3.63, 3.8) is 0 Å². The Bertz CT molecular complexity index is 115. The van der Waals surface area contributed by atoms with E-state index in [0.29, 0.717) is 12.1 Å². The van der Waals surface area contributed by atoms with Crippen LogP contribution in [0.2, 0.25) is 0 Å². The zero-order valence-electron chi connectivity index (χ0n) is 7.96. The summed E-state index contributed by atoms with van der Waals surface area (Å²) in [5.74, 6) is 0. The van der Waals surface area contributed by atoms with E-state index in [1.165, 1.54) is 0 Å². The van der Waals surface area contributed by atoms with Gasteiger partial charge in [-0.3, -0.25) is 10.3 Å². The van der Waals surface area contributed by atoms with E-state index in [-0.39, 0.29) is 0 Å². The van der Waals surface area contributed by atoms with Crippen LogP contribution in [-0.2, 0) is 0 Å². The van der Waals surface area contributed by atoms with Gasteiger partial charge in [-0.1, -0.05) is 0 Å². The molecular weight excluding hydrogens is 138 g/mol. The van der Waals surface area contributed by atoms with E-state index >= 15 is 0 Å². The minimum atomic E-state index is 0.659. The molecule has 0 aromatic heterocycles. The lowest BCUT2D eigenvalue weighted by Crippen LogP contribution is -2.57. The van der Waals surface area contributed by atoms with Gasteiger partial charge in [0.25, 0.3) is 0 Å². The summed E-state index contributed by atoms with van der Waals surface area (Å²) in [5.41, 5.74) is 3.19. The zero-order valence-corrected chi connectivity index (χ0v) is 7.96. The topological polar surface area (TPSA) is 18.5 Å². The van der Waals surface area contributed by atoms with Crippen molar-refractivity contribution in [2.75, 3.05) is 27.2 Å². The van der Waals surface area contributed by atoms with Crippen molar-refractivity contribution in [1.29, 1.82) is 0 Å². The number of hydrogen-bond donors (Lipinski definition) is 1. The first kappa shape index (κ1) is 8.97. The molecule has 3 heteroatoms. The molecule has 66 valence electrons. The molecule has 0 aromatic carbocycles. The van der Waals surface area contributed by atoms with E-state index in [2.05, 4.69) is 36.2 Å². The largest absolute Gasteiger partial charge is 0.298 e. The second-order valence-electron chi connectivity index (χ2n) is 3.49. The Balaban J connectivity index is 2.47. The number of nitrogens with zero attached hydrogens (tertiary/aromatic N) is 2. The third kappa shape index (κ3) is 1.92. The molecule has 0 aromatic rings. The van der Waals surface area contributed by atoms with Crippen molar-refractivity contribution < 1.29 is 0 Å². The van der Waals surface area contributed by atoms with Crippen LogP contribution in [0.25, 0.3) is 0 Å². The van der Waals surface area contributed by atoms with Crippen LogP contribution in [-0.4, -0.2) is 49.2 Å². The Labute approximate surface area is 69.3 Å². The van der Waals surface area contributed by atoms with Gasteiger partial charge in [-0.05, 0) is 27.9 Å². The maximum absolute atomic E-state index is 3.19. The molecule has 11 heavy (non-hydrogen) atoms. The smallest absolute Gasteiger partial charge is 0.0285 e. The second kappa shape index (κ2) is 3.52. The molecule has 1 saturated heterocycles. The van der Waals surface area contributed by atoms with Gasteiger partial charge in [-0.2, -0.15) is 0 Å². The summed E-state index contributed by atoms with van der Waals surface area (Å²) in [6.07, 6.45) is 0. The standard InChI is InChI=1S/C8H19N3/c1-7-5-11(9-3)6-8(2)10(7)4/h7-9H,5-6H2,1-4H3. The minimum Gasteiger partial charge on any atom is -0.298 e. The van der Waals surface area contributed by atoms with Gasteiger partial charge in [0.15, 0.2) is 0 Å². The van der Waals surface area contributed by atoms with E-state index < -0.39 is 0 Å². The molecule has 3 nitrogen and oxygen atoms in total. The summed E-state index contributed by atoms with van der Waals surface area (Å²) in [6, 6.07) is 1.32. The van der Waals surface area contributed by atoms with Crippen molar-refractivity contribution in [2.45, 2.75) is 25.9 Å². The molecule has 0 radical (unpaired) electrons. The highest BCUT2D eigenvalue weighted by Gasteiger charge is 2.25. The molecule has 0 bridgehead atoms. The summed E-state index contributed by atoms with van der Waals surface area (Å²) in [4.78, 5) is 2.42. The summed E-state index contributed by atoms with van der Waals surface area (Å²) in [7, 11) is 4.19. The highest BCUT2D eigenvalue weighted by molar-refractivity contribution is 4.80. The van der Waals surface area contributed by atoms with Crippen LogP contribution in [0.5, 0.6) is 0 Å². The van der Waals surface area contributed by atoms with E-state index in [4.69, 9.17) is 0 Å². The number of piperazine rings is 1. The fraction of sp³-hybridized carbons (Fsp3) is 1.00. The molecule has 0 amide bonds. The SMILES string of the molecule is CNN1CC(C)N(C)C(C)C1. The summed E-state index contributed by atoms with van der Waals surface area (Å²) >= 11 is 0. The molecule has 0 saturated carbocycles. The van der Waals surface area contributed by atoms with E-state index in [1.807, 2.05) is 7.05 Å². The van der Waals surface area contributed by atoms with Crippen molar-refractivity contribution in [3.8, 4) is 0 Å². The number of hydrogen-bond acceptors (Lipinski definition) is 3. The Morgan fingerprint density at radius 2 is 1.64 bits per heavy atom. The van der Waals surface area contributed by atoms with E-state index in [1.54, 1.807) is 0 Å². The van der Waals surface area contributed by atoms with Gasteiger partial charge >= 0.3 is 0 Å². The van der Waals surface area contributed by atoms with Crippen molar-refractivity contribution >= 4 is 0 Å². The molecule has 1 rings (SSSR count). The molecule has 1 fully saturated rings. The molecular formula is C8H19N3. The fourth-order valence-electron chi connectivity index (χ4n) is 1.59. The van der Waals surface area contributed by atoms with Crippen LogP contribution < -0.4 is 5.43 Å². The van der Waals surface area contributed by atoms with Gasteiger partial charge in [0.05, 0.1) is 0 Å². The first-order valence-electron chi connectivity index (χ1n) is 4.29. The Morgan fingerprint density at radius 3 is 2.00 bits per heavy atom. The maximum Gasteiger partial charge on any atom is 0.0285 e. The molecule has 2 atom stereocenters. The van der Waals surface area contributed by atoms with Crippen LogP contribution >= 0.6 is 0 Å². The minimum absolute atomic E-state index is 0.659. The predicted molar refractivity (Wildman–Crippen MR) is 47.3 cm³/mol. The van der Waals surface area contributed by atoms with Crippen molar-refractivity contribution in [2.24, 2.45) is 0 Å². The fourth-order valence-corrected chi connectivity index (χ4v) is 1.59. The van der Waals surface area contributed by atoms with E-state index in [9.17, 15) is 0 Å². The lowest BCUT2D eigenvalue weighted by molar-refractivity contribution is 0.0346. The quantitative estimate of drug-likeness (QED) is 0.584. The number of rotatable bonds is 1. The summed E-state index contributed by atoms with van der Waals surface area (Å²) in [6.45, 7) is 6.77. The van der Waals surface area contributed by atoms with Crippen LogP contribution in [0.1, 0.15) is 13.8 Å². The first-order chi connectivity index (χ1) is 5.15. The van der Waals surface area contributed by atoms with Crippen LogP contribution in [0.4, 0.5) is 0 Å². The molecule has 1 aliphatic rings. The predicted octanol–water partition coefficient (Wildman–Crippen LogP) is 0.145. The lowest BCUT2D eigenvalue weighted by atomic mass is 10.1. The van der Waals surface area contributed by atoms with Gasteiger partial charge in [-0.15, -0.1) is 0 Å². The van der Waals surface area contributed by atoms with Crippen LogP contribution in [0, 0.1) is 0 Å². The molecule has 1 N–H and O–H groups in total. The maximum atomic E-state index is 3.19. The number of likely N-dealkylation sites (N-methyl/N-ethyl adjacent to an activating group) is 1. The molecule has 0 spiro atoms. The summed E-state index contributed by atoms with van der Waals surface area (Å²) < 4.78 is 0. The number of hydrazine groups is 1. The lowest BCUT2D eigenvalue weighted by Gasteiger charge is -2.41. The Hall–Kier alpha value is -0.120. The van der Waals surface area contributed by atoms with Crippen LogP contribution in [0.3, 0.4) is 0 Å². The third-order valence-corrected chi connectivity index (χ3v) is 2.68. The highest BCUT2D eigenvalue weighted by atomic mass is 15.5. The van der Waals surface area contributed by atoms with Gasteiger partial charge in [0.1, 0.15) is 0 Å². The van der Waals surface area contributed by atoms with Crippen molar-refractivity contribution in [3.05, 3.63) is 0 Å². The number of nitrogens with one attached hydrogen (secondary N) is 1. The zero-order chi connectivity index (χ0) is 8.43. The normalized spacial score (nSPS) is 36.0. The van der Waals surface area contributed by atoms with Crippen LogP contribution in [0.15, 0.2) is 0 Å². The molecule has 0 aliphatic carbocycles. The Morgan fingerprint density at radius 1 is 1.18 bits per heavy atom. The van der Waals surface area contributed by atoms with Gasteiger partial charge < -0.3 is 0 Å². The molecule has 2 unspecified atom stereocenters. The van der Waals surface area contributed by atoms with Gasteiger partial charge in [0, 0.05) is 25.2 Å². The molecule has 1 heterocycles. The second-order valence-corrected chi connectivity index (χ2v) is 3.49. The average Bonchev–Trinajstić information content (AvgIpc) is 1.99. The average molecular weight is 157 g/mol. The monoisotopic (exact) mass is 157 g/mol. The first-order valence-corrected chi connectivity index (χ1v) is 4.29. The van der Waals surface area contributed by atoms with Gasteiger partial charge in [-0.25, -0.2) is 5.01 Å². The molecule has 1 aliphatic heterocycles.